The quantitative estimate of drug-likeness (QED) is 0.586. The molecule has 2 nitrogen and oxygen atoms in total. The van der Waals surface area contributed by atoms with Gasteiger partial charge in [0.1, 0.15) is 5.75 Å². The van der Waals surface area contributed by atoms with Crippen LogP contribution < -0.4 is 10.1 Å². The van der Waals surface area contributed by atoms with Gasteiger partial charge in [-0.2, -0.15) is 0 Å². The van der Waals surface area contributed by atoms with E-state index in [2.05, 4.69) is 17.5 Å². The molecule has 1 atom stereocenters. The number of nitrogens with one attached hydrogen (secondary N) is 1. The molecule has 0 aliphatic carbocycles. The number of rotatable bonds is 7. The lowest BCUT2D eigenvalue weighted by atomic mass is 10.0. The number of ether oxygens (including phenoxy) is 1. The molecule has 0 aromatic heterocycles. The van der Waals surface area contributed by atoms with E-state index in [1.807, 2.05) is 30.3 Å². The zero-order valence-corrected chi connectivity index (χ0v) is 11.0. The van der Waals surface area contributed by atoms with Crippen molar-refractivity contribution < 1.29 is 4.74 Å². The van der Waals surface area contributed by atoms with E-state index >= 15 is 0 Å². The average molecular weight is 245 g/mol. The molecule has 0 radical (unpaired) electrons. The summed E-state index contributed by atoms with van der Waals surface area (Å²) in [7, 11) is 0. The van der Waals surface area contributed by atoms with Gasteiger partial charge in [-0.15, -0.1) is 0 Å². The summed E-state index contributed by atoms with van der Waals surface area (Å²) in [5.41, 5.74) is 0. The summed E-state index contributed by atoms with van der Waals surface area (Å²) in [6.45, 7) is 1.88. The molecule has 1 aromatic rings. The van der Waals surface area contributed by atoms with Crippen LogP contribution in [-0.4, -0.2) is 19.2 Å². The summed E-state index contributed by atoms with van der Waals surface area (Å²) in [6.07, 6.45) is 10.7. The number of unbranched alkanes of at least 4 members (excludes halogenated alkanes) is 2. The molecule has 1 aliphatic rings. The molecule has 18 heavy (non-hydrogen) atoms. The van der Waals surface area contributed by atoms with Gasteiger partial charge in [0.15, 0.2) is 0 Å². The van der Waals surface area contributed by atoms with Crippen LogP contribution in [0, 0.1) is 0 Å². The van der Waals surface area contributed by atoms with E-state index in [0.717, 1.165) is 25.3 Å². The molecule has 0 bridgehead atoms. The zero-order valence-electron chi connectivity index (χ0n) is 11.0. The van der Waals surface area contributed by atoms with E-state index in [-0.39, 0.29) is 0 Å². The first-order valence-corrected chi connectivity index (χ1v) is 7.01. The second kappa shape index (κ2) is 7.93. The minimum atomic E-state index is 0.699. The SMILES string of the molecule is C1=CCC(CCCCCOc2ccccc2)NC1. The van der Waals surface area contributed by atoms with E-state index in [4.69, 9.17) is 4.74 Å². The third-order valence-corrected chi connectivity index (χ3v) is 3.32. The molecule has 0 amide bonds. The molecular formula is C16H23NO. The number of hydrogen-bond donors (Lipinski definition) is 1. The van der Waals surface area contributed by atoms with Crippen LogP contribution in [0.3, 0.4) is 0 Å². The molecule has 1 aliphatic heterocycles. The smallest absolute Gasteiger partial charge is 0.119 e. The summed E-state index contributed by atoms with van der Waals surface area (Å²) in [4.78, 5) is 0. The van der Waals surface area contributed by atoms with Crippen molar-refractivity contribution >= 4 is 0 Å². The molecule has 0 saturated heterocycles. The Morgan fingerprint density at radius 2 is 1.94 bits per heavy atom. The Morgan fingerprint density at radius 3 is 2.72 bits per heavy atom. The van der Waals surface area contributed by atoms with Crippen LogP contribution in [0.4, 0.5) is 0 Å². The molecule has 98 valence electrons. The monoisotopic (exact) mass is 245 g/mol. The molecule has 0 fully saturated rings. The first-order valence-electron chi connectivity index (χ1n) is 7.01. The molecule has 1 aromatic carbocycles. The average Bonchev–Trinajstić information content (AvgIpc) is 2.45. The third-order valence-electron chi connectivity index (χ3n) is 3.32. The standard InChI is InChI=1S/C16H23NO/c1-4-11-16(12-5-1)18-14-8-2-3-9-15-10-6-7-13-17-15/h1,4-7,11-12,15,17H,2-3,8-10,13-14H2. The number of benzene rings is 1. The van der Waals surface area contributed by atoms with Crippen molar-refractivity contribution in [3.63, 3.8) is 0 Å². The molecule has 1 unspecified atom stereocenters. The van der Waals surface area contributed by atoms with Gasteiger partial charge in [-0.05, 0) is 31.4 Å². The fraction of sp³-hybridized carbons (Fsp3) is 0.500. The minimum absolute atomic E-state index is 0.699. The molecule has 2 heteroatoms. The van der Waals surface area contributed by atoms with Gasteiger partial charge >= 0.3 is 0 Å². The maximum absolute atomic E-state index is 5.67. The fourth-order valence-electron chi connectivity index (χ4n) is 2.26. The number of hydrogen-bond acceptors (Lipinski definition) is 2. The number of para-hydroxylation sites is 1. The lowest BCUT2D eigenvalue weighted by molar-refractivity contribution is 0.302. The normalized spacial score (nSPS) is 18.8. The van der Waals surface area contributed by atoms with Crippen LogP contribution in [0.1, 0.15) is 32.1 Å². The Bertz CT molecular complexity index is 347. The first kappa shape index (κ1) is 13.2. The van der Waals surface area contributed by atoms with E-state index in [1.54, 1.807) is 0 Å². The van der Waals surface area contributed by atoms with Crippen molar-refractivity contribution in [2.75, 3.05) is 13.2 Å². The van der Waals surface area contributed by atoms with Crippen LogP contribution in [-0.2, 0) is 0 Å². The maximum atomic E-state index is 5.67. The first-order chi connectivity index (χ1) is 8.95. The highest BCUT2D eigenvalue weighted by Gasteiger charge is 2.07. The van der Waals surface area contributed by atoms with Crippen molar-refractivity contribution in [2.45, 2.75) is 38.1 Å². The topological polar surface area (TPSA) is 21.3 Å². The van der Waals surface area contributed by atoms with Gasteiger partial charge in [-0.3, -0.25) is 0 Å². The Hall–Kier alpha value is -1.28. The van der Waals surface area contributed by atoms with Gasteiger partial charge in [0.05, 0.1) is 6.61 Å². The predicted molar refractivity (Wildman–Crippen MR) is 76.0 cm³/mol. The van der Waals surface area contributed by atoms with Crippen LogP contribution in [0.15, 0.2) is 42.5 Å². The van der Waals surface area contributed by atoms with Crippen molar-refractivity contribution in [3.05, 3.63) is 42.5 Å². The Kier molecular flexibility index (Phi) is 5.80. The van der Waals surface area contributed by atoms with Gasteiger partial charge in [0.2, 0.25) is 0 Å². The largest absolute Gasteiger partial charge is 0.494 e. The second-order valence-electron chi connectivity index (χ2n) is 4.82. The summed E-state index contributed by atoms with van der Waals surface area (Å²) in [5, 5.41) is 3.52. The van der Waals surface area contributed by atoms with Crippen LogP contribution in [0.5, 0.6) is 5.75 Å². The van der Waals surface area contributed by atoms with E-state index in [0.29, 0.717) is 6.04 Å². The van der Waals surface area contributed by atoms with Crippen LogP contribution in [0.2, 0.25) is 0 Å². The van der Waals surface area contributed by atoms with Gasteiger partial charge in [0, 0.05) is 12.6 Å². The molecule has 0 saturated carbocycles. The Morgan fingerprint density at radius 1 is 1.06 bits per heavy atom. The highest BCUT2D eigenvalue weighted by Crippen LogP contribution is 2.12. The summed E-state index contributed by atoms with van der Waals surface area (Å²) in [6, 6.07) is 10.8. The van der Waals surface area contributed by atoms with Crippen molar-refractivity contribution in [1.29, 1.82) is 0 Å². The highest BCUT2D eigenvalue weighted by molar-refractivity contribution is 5.20. The lowest BCUT2D eigenvalue weighted by Crippen LogP contribution is -2.31. The summed E-state index contributed by atoms with van der Waals surface area (Å²) >= 11 is 0. The predicted octanol–water partition coefficient (Wildman–Crippen LogP) is 3.54. The molecule has 1 heterocycles. The Labute approximate surface area is 110 Å². The van der Waals surface area contributed by atoms with E-state index in [1.165, 1.54) is 25.7 Å². The highest BCUT2D eigenvalue weighted by atomic mass is 16.5. The zero-order chi connectivity index (χ0) is 12.5. The summed E-state index contributed by atoms with van der Waals surface area (Å²) < 4.78 is 5.67. The lowest BCUT2D eigenvalue weighted by Gasteiger charge is -2.19. The van der Waals surface area contributed by atoms with E-state index < -0.39 is 0 Å². The van der Waals surface area contributed by atoms with Gasteiger partial charge in [0.25, 0.3) is 0 Å². The maximum Gasteiger partial charge on any atom is 0.119 e. The molecular weight excluding hydrogens is 222 g/mol. The van der Waals surface area contributed by atoms with Crippen molar-refractivity contribution in [2.24, 2.45) is 0 Å². The van der Waals surface area contributed by atoms with Gasteiger partial charge < -0.3 is 10.1 Å². The minimum Gasteiger partial charge on any atom is -0.494 e. The van der Waals surface area contributed by atoms with Crippen molar-refractivity contribution in [3.8, 4) is 5.75 Å². The fourth-order valence-corrected chi connectivity index (χ4v) is 2.26. The van der Waals surface area contributed by atoms with E-state index in [9.17, 15) is 0 Å². The summed E-state index contributed by atoms with van der Waals surface area (Å²) in [5.74, 6) is 0.983. The molecule has 1 N–H and O–H groups in total. The van der Waals surface area contributed by atoms with Crippen LogP contribution >= 0.6 is 0 Å². The molecule has 2 rings (SSSR count). The van der Waals surface area contributed by atoms with Gasteiger partial charge in [-0.25, -0.2) is 0 Å². The third kappa shape index (κ3) is 4.92. The van der Waals surface area contributed by atoms with Crippen LogP contribution in [0.25, 0.3) is 0 Å². The Balaban J connectivity index is 1.48. The van der Waals surface area contributed by atoms with Gasteiger partial charge in [-0.1, -0.05) is 43.2 Å². The van der Waals surface area contributed by atoms with Crippen molar-refractivity contribution in [1.82, 2.24) is 5.32 Å². The molecule has 0 spiro atoms. The second-order valence-corrected chi connectivity index (χ2v) is 4.82.